The van der Waals surface area contributed by atoms with Gasteiger partial charge in [0.2, 0.25) is 0 Å². The van der Waals surface area contributed by atoms with Crippen molar-refractivity contribution in [3.8, 4) is 0 Å². The first-order valence-electron chi connectivity index (χ1n) is 18.9. The van der Waals surface area contributed by atoms with E-state index in [2.05, 4.69) is 111 Å². The summed E-state index contributed by atoms with van der Waals surface area (Å²) in [5.41, 5.74) is 17.1. The molecular formula is C45H56N2. The van der Waals surface area contributed by atoms with Gasteiger partial charge in [-0.1, -0.05) is 79.7 Å². The van der Waals surface area contributed by atoms with E-state index in [0.717, 1.165) is 32.1 Å². The minimum Gasteiger partial charge on any atom is -0.390 e. The average molecular weight is 625 g/mol. The van der Waals surface area contributed by atoms with Crippen LogP contribution in [0.25, 0.3) is 0 Å². The Hall–Kier alpha value is -3.52. The molecule has 0 spiro atoms. The van der Waals surface area contributed by atoms with Crippen molar-refractivity contribution < 1.29 is 0 Å². The van der Waals surface area contributed by atoms with Crippen molar-refractivity contribution in [2.45, 2.75) is 110 Å². The predicted molar refractivity (Wildman–Crippen MR) is 200 cm³/mol. The van der Waals surface area contributed by atoms with Gasteiger partial charge in [-0.05, 0) is 153 Å². The van der Waals surface area contributed by atoms with Gasteiger partial charge in [-0.25, -0.2) is 0 Å². The van der Waals surface area contributed by atoms with Crippen molar-refractivity contribution in [3.05, 3.63) is 141 Å². The smallest absolute Gasteiger partial charge is 0.0603 e. The first-order chi connectivity index (χ1) is 23.1. The van der Waals surface area contributed by atoms with Gasteiger partial charge in [0.05, 0.1) is 11.7 Å². The number of nitrogens with zero attached hydrogens (tertiary/aromatic N) is 1. The third kappa shape index (κ3) is 6.38. The van der Waals surface area contributed by atoms with E-state index in [0.29, 0.717) is 23.8 Å². The summed E-state index contributed by atoms with van der Waals surface area (Å²) in [7, 11) is 2.09. The zero-order valence-electron chi connectivity index (χ0n) is 29.3. The molecule has 0 fully saturated rings. The lowest BCUT2D eigenvalue weighted by molar-refractivity contribution is 0.332. The van der Waals surface area contributed by atoms with E-state index in [1.54, 1.807) is 39.0 Å². The molecule has 4 atom stereocenters. The average Bonchev–Trinajstić information content (AvgIpc) is 3.11. The molecular weight excluding hydrogens is 569 g/mol. The van der Waals surface area contributed by atoms with Gasteiger partial charge < -0.3 is 10.2 Å². The quantitative estimate of drug-likeness (QED) is 0.243. The van der Waals surface area contributed by atoms with Gasteiger partial charge in [0, 0.05) is 24.4 Å². The molecule has 1 N–H and O–H groups in total. The summed E-state index contributed by atoms with van der Waals surface area (Å²) < 4.78 is 0. The van der Waals surface area contributed by atoms with E-state index in [1.165, 1.54) is 80.5 Å². The zero-order chi connectivity index (χ0) is 32.3. The molecule has 7 rings (SSSR count). The largest absolute Gasteiger partial charge is 0.390 e. The molecule has 7 aliphatic carbocycles. The van der Waals surface area contributed by atoms with Crippen LogP contribution in [-0.2, 0) is 0 Å². The highest BCUT2D eigenvalue weighted by atomic mass is 15.2. The van der Waals surface area contributed by atoms with Gasteiger partial charge in [-0.15, -0.1) is 6.58 Å². The molecule has 7 aliphatic rings. The fourth-order valence-electron chi connectivity index (χ4n) is 9.66. The van der Waals surface area contributed by atoms with E-state index >= 15 is 0 Å². The maximum Gasteiger partial charge on any atom is 0.0603 e. The minimum absolute atomic E-state index is 0.363. The van der Waals surface area contributed by atoms with Crippen LogP contribution in [0.4, 0.5) is 0 Å². The maximum absolute atomic E-state index is 4.38. The molecule has 0 saturated heterocycles. The molecule has 0 saturated carbocycles. The molecule has 0 heterocycles. The first kappa shape index (κ1) is 32.0. The van der Waals surface area contributed by atoms with Crippen molar-refractivity contribution in [1.29, 1.82) is 0 Å². The van der Waals surface area contributed by atoms with E-state index in [4.69, 9.17) is 0 Å². The number of hydrogen-bond donors (Lipinski definition) is 1. The summed E-state index contributed by atoms with van der Waals surface area (Å²) >= 11 is 0. The van der Waals surface area contributed by atoms with Crippen LogP contribution >= 0.6 is 0 Å². The summed E-state index contributed by atoms with van der Waals surface area (Å²) in [6.07, 6.45) is 45.7. The topological polar surface area (TPSA) is 15.3 Å². The third-order valence-electron chi connectivity index (χ3n) is 11.7. The van der Waals surface area contributed by atoms with Gasteiger partial charge in [0.15, 0.2) is 0 Å². The van der Waals surface area contributed by atoms with Crippen LogP contribution < -0.4 is 5.32 Å². The molecule has 0 aromatic rings. The molecule has 2 heteroatoms. The van der Waals surface area contributed by atoms with Crippen LogP contribution in [0.5, 0.6) is 0 Å². The highest BCUT2D eigenvalue weighted by molar-refractivity contribution is 5.66. The Balaban J connectivity index is 1.28. The lowest BCUT2D eigenvalue weighted by atomic mass is 9.62. The van der Waals surface area contributed by atoms with Crippen LogP contribution in [0.1, 0.15) is 104 Å². The summed E-state index contributed by atoms with van der Waals surface area (Å²) in [5.74, 6) is 1.74. The highest BCUT2D eigenvalue weighted by Gasteiger charge is 2.39. The standard InChI is InChI=1S/C45H56N2/c1-5-15-34(28-31(2)3)44-38-18-9-11-20-40(38)45(41-21-12-10-19-39(41)44)35-25-24-33-30-37(27-26-32(33)29-35)47(36-16-7-6-8-17-36)43-23-14-13-22-42(43)46-4/h6-8,11,14,16,19-20,23,26-27,29,33-34,36,41,46H,2,5,9-10,12-13,15,17-18,21-22,24-25,28,30H2,1,3-4H3. The second-order valence-corrected chi connectivity index (χ2v) is 14.9. The summed E-state index contributed by atoms with van der Waals surface area (Å²) in [6, 6.07) is 0.363. The highest BCUT2D eigenvalue weighted by Crippen LogP contribution is 2.54. The lowest BCUT2D eigenvalue weighted by Gasteiger charge is -2.43. The minimum atomic E-state index is 0.363. The molecule has 0 radical (unpaired) electrons. The molecule has 0 aromatic heterocycles. The second-order valence-electron chi connectivity index (χ2n) is 14.9. The molecule has 246 valence electrons. The fraction of sp³-hybridized carbons (Fsp3) is 0.467. The number of allylic oxidation sites excluding steroid dienone is 20. The second kappa shape index (κ2) is 14.3. The van der Waals surface area contributed by atoms with Gasteiger partial charge in [0.25, 0.3) is 0 Å². The van der Waals surface area contributed by atoms with Crippen molar-refractivity contribution in [1.82, 2.24) is 10.2 Å². The molecule has 4 unspecified atom stereocenters. The Labute approximate surface area is 285 Å². The molecule has 47 heavy (non-hydrogen) atoms. The van der Waals surface area contributed by atoms with Gasteiger partial charge in [-0.2, -0.15) is 0 Å². The van der Waals surface area contributed by atoms with Crippen molar-refractivity contribution in [2.75, 3.05) is 7.05 Å². The molecule has 0 aromatic carbocycles. The number of hydrogen-bond acceptors (Lipinski definition) is 2. The molecule has 0 bridgehead atoms. The molecule has 0 amide bonds. The Bertz CT molecular complexity index is 1620. The van der Waals surface area contributed by atoms with E-state index in [9.17, 15) is 0 Å². The van der Waals surface area contributed by atoms with Crippen LogP contribution in [0.3, 0.4) is 0 Å². The SMILES string of the molecule is C=C(C)CC(CCC)C1=C2CCC=CC2=C(C2=CC3=CC=C(N(C4=C(NC)CCC=C4)C4C=CC=CC4)CC3CC2)C2CCCC=C12. The molecule has 2 nitrogen and oxygen atoms in total. The van der Waals surface area contributed by atoms with Crippen LogP contribution in [0.2, 0.25) is 0 Å². The zero-order valence-corrected chi connectivity index (χ0v) is 29.3. The van der Waals surface area contributed by atoms with Crippen molar-refractivity contribution in [2.24, 2.45) is 17.8 Å². The third-order valence-corrected chi connectivity index (χ3v) is 11.7. The summed E-state index contributed by atoms with van der Waals surface area (Å²) in [5, 5.41) is 3.55. The van der Waals surface area contributed by atoms with Gasteiger partial charge >= 0.3 is 0 Å². The lowest BCUT2D eigenvalue weighted by Crippen LogP contribution is -2.36. The summed E-state index contributed by atoms with van der Waals surface area (Å²) in [4.78, 5) is 2.65. The van der Waals surface area contributed by atoms with E-state index < -0.39 is 0 Å². The van der Waals surface area contributed by atoms with Crippen LogP contribution in [0, 0.1) is 17.8 Å². The molecule has 0 aliphatic heterocycles. The van der Waals surface area contributed by atoms with Crippen LogP contribution in [0.15, 0.2) is 141 Å². The number of fused-ring (bicyclic) bond motifs is 3. The summed E-state index contributed by atoms with van der Waals surface area (Å²) in [6.45, 7) is 8.97. The Morgan fingerprint density at radius 2 is 1.89 bits per heavy atom. The fourth-order valence-corrected chi connectivity index (χ4v) is 9.66. The van der Waals surface area contributed by atoms with E-state index in [1.807, 2.05) is 0 Å². The predicted octanol–water partition coefficient (Wildman–Crippen LogP) is 11.6. The number of rotatable bonds is 10. The number of nitrogens with one attached hydrogen (secondary N) is 1. The van der Waals surface area contributed by atoms with Crippen molar-refractivity contribution >= 4 is 0 Å². The normalized spacial score (nSPS) is 27.3. The Morgan fingerprint density at radius 1 is 1.02 bits per heavy atom. The Morgan fingerprint density at radius 3 is 2.70 bits per heavy atom. The monoisotopic (exact) mass is 624 g/mol. The van der Waals surface area contributed by atoms with Crippen LogP contribution in [-0.4, -0.2) is 18.0 Å². The Kier molecular flexibility index (Phi) is 9.75. The van der Waals surface area contributed by atoms with Gasteiger partial charge in [-0.3, -0.25) is 0 Å². The van der Waals surface area contributed by atoms with E-state index in [-0.39, 0.29) is 0 Å². The van der Waals surface area contributed by atoms with Crippen molar-refractivity contribution in [3.63, 3.8) is 0 Å². The maximum atomic E-state index is 4.38. The van der Waals surface area contributed by atoms with Gasteiger partial charge in [0.1, 0.15) is 0 Å². The first-order valence-corrected chi connectivity index (χ1v) is 18.9.